The first kappa shape index (κ1) is 18.0. The van der Waals surface area contributed by atoms with E-state index in [-0.39, 0.29) is 24.0 Å². The van der Waals surface area contributed by atoms with Gasteiger partial charge in [-0.1, -0.05) is 78.9 Å². The second-order valence-electron chi connectivity index (χ2n) is 7.96. The van der Waals surface area contributed by atoms with Crippen LogP contribution in [0, 0.1) is 0 Å². The molecule has 1 N–H and O–H groups in total. The van der Waals surface area contributed by atoms with Crippen molar-refractivity contribution in [3.63, 3.8) is 0 Å². The van der Waals surface area contributed by atoms with Crippen LogP contribution in [0.15, 0.2) is 78.9 Å². The molecule has 4 nitrogen and oxygen atoms in total. The number of carbonyl (C=O) groups excluding carboxylic acids is 1. The number of nitrogens with zero attached hydrogens (tertiary/aromatic N) is 1. The molecule has 29 heavy (non-hydrogen) atoms. The summed E-state index contributed by atoms with van der Waals surface area (Å²) in [4.78, 5) is 14.3. The molecule has 1 saturated heterocycles. The van der Waals surface area contributed by atoms with Crippen molar-refractivity contribution in [1.82, 2.24) is 4.90 Å². The number of fused-ring (bicyclic) bond motifs is 3. The van der Waals surface area contributed by atoms with Gasteiger partial charge in [0, 0.05) is 19.0 Å². The van der Waals surface area contributed by atoms with Gasteiger partial charge in [0.15, 0.2) is 0 Å². The van der Waals surface area contributed by atoms with Gasteiger partial charge in [-0.15, -0.1) is 0 Å². The first-order valence-electron chi connectivity index (χ1n) is 9.98. The zero-order chi connectivity index (χ0) is 19.8. The highest BCUT2D eigenvalue weighted by Crippen LogP contribution is 2.44. The minimum atomic E-state index is -0.382. The molecule has 1 amide bonds. The van der Waals surface area contributed by atoms with Gasteiger partial charge in [0.2, 0.25) is 0 Å². The highest BCUT2D eigenvalue weighted by atomic mass is 16.6. The molecule has 0 bridgehead atoms. The quantitative estimate of drug-likeness (QED) is 0.733. The van der Waals surface area contributed by atoms with Crippen LogP contribution in [0.5, 0.6) is 0 Å². The summed E-state index contributed by atoms with van der Waals surface area (Å²) >= 11 is 0. The normalized spacial score (nSPS) is 16.7. The van der Waals surface area contributed by atoms with Gasteiger partial charge in [0.05, 0.1) is 12.0 Å². The van der Waals surface area contributed by atoms with Crippen molar-refractivity contribution >= 4 is 6.09 Å². The number of benzene rings is 3. The van der Waals surface area contributed by atoms with E-state index in [0.29, 0.717) is 19.7 Å². The zero-order valence-corrected chi connectivity index (χ0v) is 16.1. The largest absolute Gasteiger partial charge is 0.448 e. The molecule has 0 radical (unpaired) electrons. The molecule has 0 aromatic heterocycles. The van der Waals surface area contributed by atoms with Crippen LogP contribution in [0.25, 0.3) is 11.1 Å². The van der Waals surface area contributed by atoms with Gasteiger partial charge >= 0.3 is 6.09 Å². The maximum Gasteiger partial charge on any atom is 0.409 e. The molecule has 0 saturated carbocycles. The van der Waals surface area contributed by atoms with E-state index in [1.165, 1.54) is 22.3 Å². The summed E-state index contributed by atoms with van der Waals surface area (Å²) in [5, 5.41) is 9.93. The van der Waals surface area contributed by atoms with Crippen LogP contribution in [0.3, 0.4) is 0 Å². The van der Waals surface area contributed by atoms with Crippen LogP contribution in [0.1, 0.15) is 22.6 Å². The lowest BCUT2D eigenvalue weighted by Gasteiger charge is -2.48. The molecule has 0 atom stereocenters. The summed E-state index contributed by atoms with van der Waals surface area (Å²) in [7, 11) is 0. The lowest BCUT2D eigenvalue weighted by atomic mass is 9.74. The number of aliphatic hydroxyl groups is 1. The van der Waals surface area contributed by atoms with Crippen LogP contribution < -0.4 is 0 Å². The van der Waals surface area contributed by atoms with E-state index < -0.39 is 0 Å². The number of hydrogen-bond donors (Lipinski definition) is 1. The molecular weight excluding hydrogens is 362 g/mol. The Hall–Kier alpha value is -3.11. The van der Waals surface area contributed by atoms with E-state index >= 15 is 0 Å². The Morgan fingerprint density at radius 2 is 1.45 bits per heavy atom. The molecule has 2 aliphatic rings. The second-order valence-corrected chi connectivity index (χ2v) is 7.96. The third kappa shape index (κ3) is 2.91. The number of carbonyl (C=O) groups is 1. The van der Waals surface area contributed by atoms with Crippen LogP contribution >= 0.6 is 0 Å². The standard InChI is InChI=1S/C25H23NO3/c27-17-25(18-8-2-1-3-9-18)15-26(16-25)24(28)29-14-23-21-12-6-4-10-19(21)20-11-5-7-13-22(20)23/h1-13,23,27H,14-17H2. The van der Waals surface area contributed by atoms with Gasteiger partial charge in [0.1, 0.15) is 6.61 Å². The maximum absolute atomic E-state index is 12.7. The van der Waals surface area contributed by atoms with E-state index in [0.717, 1.165) is 5.56 Å². The van der Waals surface area contributed by atoms with Crippen molar-refractivity contribution in [3.8, 4) is 11.1 Å². The summed E-state index contributed by atoms with van der Waals surface area (Å²) in [6.07, 6.45) is -0.313. The fourth-order valence-electron chi connectivity index (χ4n) is 4.66. The van der Waals surface area contributed by atoms with E-state index in [1.54, 1.807) is 4.90 Å². The van der Waals surface area contributed by atoms with Crippen LogP contribution in [-0.2, 0) is 10.2 Å². The molecule has 4 heteroatoms. The molecular formula is C25H23NO3. The summed E-state index contributed by atoms with van der Waals surface area (Å²) in [5.41, 5.74) is 5.53. The minimum Gasteiger partial charge on any atom is -0.448 e. The highest BCUT2D eigenvalue weighted by Gasteiger charge is 2.47. The van der Waals surface area contributed by atoms with E-state index in [1.807, 2.05) is 54.6 Å². The number of hydrogen-bond acceptors (Lipinski definition) is 3. The predicted octanol–water partition coefficient (Wildman–Crippen LogP) is 4.18. The highest BCUT2D eigenvalue weighted by molar-refractivity contribution is 5.79. The summed E-state index contributed by atoms with van der Waals surface area (Å²) in [5.74, 6) is 0.0596. The average molecular weight is 385 g/mol. The molecule has 5 rings (SSSR count). The molecule has 0 unspecified atom stereocenters. The molecule has 1 aliphatic carbocycles. The van der Waals surface area contributed by atoms with Crippen molar-refractivity contribution in [2.75, 3.05) is 26.3 Å². The Labute approximate surface area is 170 Å². The predicted molar refractivity (Wildman–Crippen MR) is 112 cm³/mol. The Balaban J connectivity index is 1.28. The Morgan fingerprint density at radius 1 is 0.897 bits per heavy atom. The molecule has 3 aromatic carbocycles. The van der Waals surface area contributed by atoms with E-state index in [4.69, 9.17) is 4.74 Å². The summed E-state index contributed by atoms with van der Waals surface area (Å²) in [6, 6.07) is 26.5. The van der Waals surface area contributed by atoms with Gasteiger partial charge in [-0.05, 0) is 27.8 Å². The van der Waals surface area contributed by atoms with Gasteiger partial charge in [-0.25, -0.2) is 4.79 Å². The second kappa shape index (κ2) is 7.05. The van der Waals surface area contributed by atoms with E-state index in [2.05, 4.69) is 24.3 Å². The van der Waals surface area contributed by atoms with E-state index in [9.17, 15) is 9.90 Å². The summed E-state index contributed by atoms with van der Waals surface area (Å²) < 4.78 is 5.72. The molecule has 1 aliphatic heterocycles. The lowest BCUT2D eigenvalue weighted by molar-refractivity contribution is 0.0103. The monoisotopic (exact) mass is 385 g/mol. The lowest BCUT2D eigenvalue weighted by Crippen LogP contribution is -2.63. The fraction of sp³-hybridized carbons (Fsp3) is 0.240. The summed E-state index contributed by atoms with van der Waals surface area (Å²) in [6.45, 7) is 1.29. The molecule has 1 fully saturated rings. The van der Waals surface area contributed by atoms with Crippen molar-refractivity contribution < 1.29 is 14.6 Å². The molecule has 3 aromatic rings. The first-order chi connectivity index (χ1) is 14.2. The Bertz CT molecular complexity index is 995. The van der Waals surface area contributed by atoms with Gasteiger partial charge in [-0.3, -0.25) is 0 Å². The number of likely N-dealkylation sites (tertiary alicyclic amines) is 1. The Morgan fingerprint density at radius 3 is 2.03 bits per heavy atom. The van der Waals surface area contributed by atoms with Crippen molar-refractivity contribution in [1.29, 1.82) is 0 Å². The maximum atomic E-state index is 12.7. The van der Waals surface area contributed by atoms with Crippen molar-refractivity contribution in [3.05, 3.63) is 95.6 Å². The number of rotatable bonds is 4. The van der Waals surface area contributed by atoms with Gasteiger partial charge in [-0.2, -0.15) is 0 Å². The van der Waals surface area contributed by atoms with Crippen LogP contribution in [0.4, 0.5) is 4.79 Å². The topological polar surface area (TPSA) is 49.8 Å². The molecule has 1 heterocycles. The fourth-order valence-corrected chi connectivity index (χ4v) is 4.66. The number of amides is 1. The minimum absolute atomic E-state index is 0.0180. The molecule has 146 valence electrons. The van der Waals surface area contributed by atoms with Crippen LogP contribution in [-0.4, -0.2) is 42.4 Å². The first-order valence-corrected chi connectivity index (χ1v) is 9.98. The third-order valence-corrected chi connectivity index (χ3v) is 6.27. The third-order valence-electron chi connectivity index (χ3n) is 6.27. The smallest absolute Gasteiger partial charge is 0.409 e. The van der Waals surface area contributed by atoms with Gasteiger partial charge in [0.25, 0.3) is 0 Å². The average Bonchev–Trinajstić information content (AvgIpc) is 3.06. The Kier molecular flexibility index (Phi) is 4.36. The number of aliphatic hydroxyl groups excluding tert-OH is 1. The van der Waals surface area contributed by atoms with Crippen molar-refractivity contribution in [2.24, 2.45) is 0 Å². The van der Waals surface area contributed by atoms with Crippen molar-refractivity contribution in [2.45, 2.75) is 11.3 Å². The SMILES string of the molecule is O=C(OCC1c2ccccc2-c2ccccc21)N1CC(CO)(c2ccccc2)C1. The number of ether oxygens (including phenoxy) is 1. The molecule has 0 spiro atoms. The van der Waals surface area contributed by atoms with Gasteiger partial charge < -0.3 is 14.7 Å². The van der Waals surface area contributed by atoms with Crippen LogP contribution in [0.2, 0.25) is 0 Å². The zero-order valence-electron chi connectivity index (χ0n) is 16.1.